The van der Waals surface area contributed by atoms with Crippen molar-refractivity contribution in [2.45, 2.75) is 77.0 Å². The van der Waals surface area contributed by atoms with Gasteiger partial charge in [-0.25, -0.2) is 4.39 Å². The maximum atomic E-state index is 13.7. The van der Waals surface area contributed by atoms with Crippen LogP contribution >= 0.6 is 0 Å². The van der Waals surface area contributed by atoms with E-state index >= 15 is 0 Å². The van der Waals surface area contributed by atoms with Crippen molar-refractivity contribution in [2.75, 3.05) is 32.7 Å². The summed E-state index contributed by atoms with van der Waals surface area (Å²) in [5, 5.41) is 3.41. The van der Waals surface area contributed by atoms with Gasteiger partial charge in [0.25, 0.3) is 11.8 Å². The minimum Gasteiger partial charge on any atom is -0.333 e. The van der Waals surface area contributed by atoms with Gasteiger partial charge in [0.15, 0.2) is 0 Å². The molecule has 3 fully saturated rings. The molecule has 4 aliphatic heterocycles. The molecule has 5 aliphatic rings. The summed E-state index contributed by atoms with van der Waals surface area (Å²) < 4.78 is 13.7. The monoisotopic (exact) mass is 556 g/mol. The van der Waals surface area contributed by atoms with Crippen LogP contribution in [0.1, 0.15) is 84.2 Å². The van der Waals surface area contributed by atoms with Crippen LogP contribution < -0.4 is 5.32 Å². The van der Waals surface area contributed by atoms with Gasteiger partial charge >= 0.3 is 0 Å². The molecule has 41 heavy (non-hydrogen) atoms. The Morgan fingerprint density at radius 3 is 2.63 bits per heavy atom. The molecule has 3 atom stereocenters. The lowest BCUT2D eigenvalue weighted by atomic mass is 9.72. The van der Waals surface area contributed by atoms with Gasteiger partial charge < -0.3 is 15.1 Å². The number of piperidine rings is 1. The number of benzene rings is 2. The third-order valence-electron chi connectivity index (χ3n) is 10.3. The summed E-state index contributed by atoms with van der Waals surface area (Å²) in [7, 11) is 0. The zero-order chi connectivity index (χ0) is 28.3. The second kappa shape index (κ2) is 10.4. The van der Waals surface area contributed by atoms with E-state index in [1.165, 1.54) is 11.1 Å². The molecule has 1 N–H and O–H groups in total. The van der Waals surface area contributed by atoms with Gasteiger partial charge in [0.2, 0.25) is 0 Å². The van der Waals surface area contributed by atoms with E-state index < -0.39 is 0 Å². The highest BCUT2D eigenvalue weighted by molar-refractivity contribution is 6.01. The quantitative estimate of drug-likeness (QED) is 0.557. The second-order valence-electron chi connectivity index (χ2n) is 13.7. The highest BCUT2D eigenvalue weighted by Gasteiger charge is 2.46. The Bertz CT molecular complexity index is 1390. The molecule has 4 heterocycles. The average molecular weight is 557 g/mol. The fraction of sp³-hybridized carbons (Fsp3) is 0.529. The predicted octanol–water partition coefficient (Wildman–Crippen LogP) is 5.10. The SMILES string of the molecule is CC1(C)CCC(CN2C[C@H]3C[C@@H]2CN3C(=O)c2ccc3c(c2)CN(C2CCCNC2)C3=O)=C(c2ccc(F)cc2)C1. The van der Waals surface area contributed by atoms with Crippen LogP contribution in [-0.2, 0) is 6.54 Å². The van der Waals surface area contributed by atoms with Crippen LogP contribution in [0.5, 0.6) is 0 Å². The number of rotatable bonds is 5. The number of hydrogen-bond donors (Lipinski definition) is 1. The number of carbonyl (C=O) groups excluding carboxylic acids is 2. The first-order valence-electron chi connectivity index (χ1n) is 15.4. The number of allylic oxidation sites excluding steroid dienone is 1. The second-order valence-corrected chi connectivity index (χ2v) is 13.7. The largest absolute Gasteiger partial charge is 0.333 e. The van der Waals surface area contributed by atoms with Gasteiger partial charge in [-0.2, -0.15) is 0 Å². The van der Waals surface area contributed by atoms with Gasteiger partial charge in [0.1, 0.15) is 5.82 Å². The summed E-state index contributed by atoms with van der Waals surface area (Å²) >= 11 is 0. The number of nitrogens with one attached hydrogen (secondary N) is 1. The number of piperazine rings is 1. The van der Waals surface area contributed by atoms with Crippen LogP contribution in [0.3, 0.4) is 0 Å². The lowest BCUT2D eigenvalue weighted by Gasteiger charge is -2.38. The molecule has 1 unspecified atom stereocenters. The Labute approximate surface area is 242 Å². The molecule has 216 valence electrons. The summed E-state index contributed by atoms with van der Waals surface area (Å²) in [5.41, 5.74) is 6.68. The Balaban J connectivity index is 1.04. The molecule has 3 saturated heterocycles. The normalized spacial score (nSPS) is 27.6. The first-order chi connectivity index (χ1) is 19.8. The maximum Gasteiger partial charge on any atom is 0.254 e. The van der Waals surface area contributed by atoms with Crippen LogP contribution in [-0.4, -0.2) is 77.4 Å². The molecule has 7 heteroatoms. The third-order valence-corrected chi connectivity index (χ3v) is 10.3. The van der Waals surface area contributed by atoms with Crippen molar-refractivity contribution in [3.8, 4) is 0 Å². The van der Waals surface area contributed by atoms with Crippen molar-refractivity contribution in [1.29, 1.82) is 0 Å². The molecule has 2 aromatic rings. The highest BCUT2D eigenvalue weighted by Crippen LogP contribution is 2.44. The van der Waals surface area contributed by atoms with E-state index in [0.717, 1.165) is 87.9 Å². The van der Waals surface area contributed by atoms with Gasteiger partial charge in [-0.1, -0.05) is 31.6 Å². The Kier molecular flexibility index (Phi) is 6.78. The third kappa shape index (κ3) is 5.01. The lowest BCUT2D eigenvalue weighted by molar-refractivity contribution is 0.0632. The molecule has 2 bridgehead atoms. The van der Waals surface area contributed by atoms with E-state index in [9.17, 15) is 14.0 Å². The minimum atomic E-state index is -0.193. The van der Waals surface area contributed by atoms with Gasteiger partial charge in [-0.3, -0.25) is 14.5 Å². The minimum absolute atomic E-state index is 0.0933. The molecule has 1 aliphatic carbocycles. The van der Waals surface area contributed by atoms with E-state index in [1.807, 2.05) is 35.2 Å². The molecule has 0 aromatic heterocycles. The fourth-order valence-corrected chi connectivity index (χ4v) is 7.94. The van der Waals surface area contributed by atoms with Crippen molar-refractivity contribution in [3.63, 3.8) is 0 Å². The predicted molar refractivity (Wildman–Crippen MR) is 158 cm³/mol. The summed E-state index contributed by atoms with van der Waals surface area (Å²) in [6.45, 7) is 9.70. The Hall–Kier alpha value is -3.03. The van der Waals surface area contributed by atoms with Crippen molar-refractivity contribution >= 4 is 17.4 Å². The van der Waals surface area contributed by atoms with E-state index in [0.29, 0.717) is 18.2 Å². The number of likely N-dealkylation sites (tertiary alicyclic amines) is 2. The van der Waals surface area contributed by atoms with E-state index in [2.05, 4.69) is 29.0 Å². The standard InChI is InChI=1S/C34H41FN4O2/c1-34(2)12-11-24(31(16-34)22-5-8-26(35)9-6-22)18-37-20-29-15-28(37)21-39(29)32(40)23-7-10-30-25(14-23)19-38(33(30)41)27-4-3-13-36-17-27/h5-10,14,27-29,36H,3-4,11-13,15-21H2,1-2H3/t27?,28-,29-/m1/s1. The lowest BCUT2D eigenvalue weighted by Crippen LogP contribution is -2.49. The molecular weight excluding hydrogens is 515 g/mol. The number of nitrogens with zero attached hydrogens (tertiary/aromatic N) is 3. The molecule has 0 saturated carbocycles. The van der Waals surface area contributed by atoms with E-state index in [-0.39, 0.29) is 35.1 Å². The summed E-state index contributed by atoms with van der Waals surface area (Å²) in [4.78, 5) is 33.4. The van der Waals surface area contributed by atoms with Crippen molar-refractivity contribution in [3.05, 3.63) is 76.1 Å². The van der Waals surface area contributed by atoms with Crippen LogP contribution in [0.4, 0.5) is 4.39 Å². The Morgan fingerprint density at radius 1 is 1.07 bits per heavy atom. The van der Waals surface area contributed by atoms with Crippen molar-refractivity contribution < 1.29 is 14.0 Å². The summed E-state index contributed by atoms with van der Waals surface area (Å²) in [6, 6.07) is 13.5. The van der Waals surface area contributed by atoms with Crippen molar-refractivity contribution in [2.24, 2.45) is 5.41 Å². The van der Waals surface area contributed by atoms with E-state index in [1.54, 1.807) is 12.1 Å². The maximum absolute atomic E-state index is 13.7. The molecule has 2 aromatic carbocycles. The zero-order valence-electron chi connectivity index (χ0n) is 24.3. The number of hydrogen-bond acceptors (Lipinski definition) is 4. The molecule has 6 nitrogen and oxygen atoms in total. The average Bonchev–Trinajstić information content (AvgIpc) is 3.67. The fourth-order valence-electron chi connectivity index (χ4n) is 7.94. The first kappa shape index (κ1) is 26.8. The van der Waals surface area contributed by atoms with Crippen LogP contribution in [0, 0.1) is 11.2 Å². The zero-order valence-corrected chi connectivity index (χ0v) is 24.3. The van der Waals surface area contributed by atoms with Gasteiger partial charge in [-0.15, -0.1) is 0 Å². The first-order valence-corrected chi connectivity index (χ1v) is 15.4. The number of amides is 2. The van der Waals surface area contributed by atoms with Gasteiger partial charge in [-0.05, 0) is 97.5 Å². The molecule has 0 radical (unpaired) electrons. The molecule has 7 rings (SSSR count). The van der Waals surface area contributed by atoms with Crippen LogP contribution in [0.25, 0.3) is 5.57 Å². The summed E-state index contributed by atoms with van der Waals surface area (Å²) in [6.07, 6.45) is 6.38. The number of carbonyl (C=O) groups is 2. The number of halogens is 1. The smallest absolute Gasteiger partial charge is 0.254 e. The molecule has 2 amide bonds. The topological polar surface area (TPSA) is 55.9 Å². The van der Waals surface area contributed by atoms with Gasteiger partial charge in [0.05, 0.1) is 0 Å². The van der Waals surface area contributed by atoms with Crippen molar-refractivity contribution in [1.82, 2.24) is 20.0 Å². The summed E-state index contributed by atoms with van der Waals surface area (Å²) in [5.74, 6) is 0.00111. The van der Waals surface area contributed by atoms with Crippen LogP contribution in [0.15, 0.2) is 48.0 Å². The molecule has 0 spiro atoms. The Morgan fingerprint density at radius 2 is 1.90 bits per heavy atom. The van der Waals surface area contributed by atoms with Crippen LogP contribution in [0.2, 0.25) is 0 Å². The van der Waals surface area contributed by atoms with Gasteiger partial charge in [0, 0.05) is 62.0 Å². The molecular formula is C34H41FN4O2. The van der Waals surface area contributed by atoms with E-state index in [4.69, 9.17) is 0 Å². The highest BCUT2D eigenvalue weighted by atomic mass is 19.1. The number of fused-ring (bicyclic) bond motifs is 3.